The monoisotopic (exact) mass is 360 g/mol. The number of hydrogen-bond donors (Lipinski definition) is 2. The van der Waals surface area contributed by atoms with Crippen LogP contribution >= 0.6 is 11.6 Å². The second-order valence-corrected chi connectivity index (χ2v) is 5.32. The SMILES string of the molecule is O=C(CNc1ccc(Cl)c(C(F)(F)F)c1)NCc1ccccc1F. The first-order valence-electron chi connectivity index (χ1n) is 6.88. The minimum Gasteiger partial charge on any atom is -0.376 e. The number of nitrogens with one attached hydrogen (secondary N) is 2. The van der Waals surface area contributed by atoms with Gasteiger partial charge >= 0.3 is 6.18 Å². The minimum atomic E-state index is -4.58. The Labute approximate surface area is 140 Å². The van der Waals surface area contributed by atoms with Gasteiger partial charge in [-0.05, 0) is 24.3 Å². The van der Waals surface area contributed by atoms with E-state index >= 15 is 0 Å². The summed E-state index contributed by atoms with van der Waals surface area (Å²) in [5.41, 5.74) is -0.564. The normalized spacial score (nSPS) is 11.2. The molecule has 0 aliphatic rings. The number of rotatable bonds is 5. The van der Waals surface area contributed by atoms with Gasteiger partial charge in [0, 0.05) is 17.8 Å². The average Bonchev–Trinajstić information content (AvgIpc) is 2.52. The van der Waals surface area contributed by atoms with Gasteiger partial charge in [-0.15, -0.1) is 0 Å². The lowest BCUT2D eigenvalue weighted by atomic mass is 10.2. The smallest absolute Gasteiger partial charge is 0.376 e. The summed E-state index contributed by atoms with van der Waals surface area (Å²) in [4.78, 5) is 11.7. The Morgan fingerprint density at radius 1 is 1.12 bits per heavy atom. The van der Waals surface area contributed by atoms with Crippen LogP contribution in [-0.4, -0.2) is 12.5 Å². The third-order valence-electron chi connectivity index (χ3n) is 3.16. The molecule has 0 saturated carbocycles. The van der Waals surface area contributed by atoms with Crippen molar-refractivity contribution in [2.45, 2.75) is 12.7 Å². The first kappa shape index (κ1) is 18.1. The van der Waals surface area contributed by atoms with Gasteiger partial charge in [-0.2, -0.15) is 13.2 Å². The molecule has 24 heavy (non-hydrogen) atoms. The zero-order chi connectivity index (χ0) is 17.7. The summed E-state index contributed by atoms with van der Waals surface area (Å²) in [5, 5.41) is 4.63. The van der Waals surface area contributed by atoms with Crippen molar-refractivity contribution >= 4 is 23.2 Å². The first-order valence-corrected chi connectivity index (χ1v) is 7.26. The van der Waals surface area contributed by atoms with Crippen LogP contribution in [0.4, 0.5) is 23.2 Å². The highest BCUT2D eigenvalue weighted by Crippen LogP contribution is 2.36. The minimum absolute atomic E-state index is 0.0123. The number of carbonyl (C=O) groups excluding carboxylic acids is 1. The van der Waals surface area contributed by atoms with Crippen LogP contribution in [0.5, 0.6) is 0 Å². The Bertz CT molecular complexity index is 734. The molecule has 2 aromatic rings. The Morgan fingerprint density at radius 3 is 2.50 bits per heavy atom. The average molecular weight is 361 g/mol. The van der Waals surface area contributed by atoms with E-state index in [1.54, 1.807) is 6.07 Å². The van der Waals surface area contributed by atoms with E-state index in [0.29, 0.717) is 5.56 Å². The fraction of sp³-hybridized carbons (Fsp3) is 0.188. The summed E-state index contributed by atoms with van der Waals surface area (Å²) in [6, 6.07) is 9.22. The molecule has 2 N–H and O–H groups in total. The second-order valence-electron chi connectivity index (χ2n) is 4.91. The molecule has 128 valence electrons. The summed E-state index contributed by atoms with van der Waals surface area (Å²) in [7, 11) is 0. The highest BCUT2D eigenvalue weighted by molar-refractivity contribution is 6.31. The van der Waals surface area contributed by atoms with Crippen LogP contribution in [0.1, 0.15) is 11.1 Å². The van der Waals surface area contributed by atoms with Crippen LogP contribution in [0.15, 0.2) is 42.5 Å². The highest BCUT2D eigenvalue weighted by atomic mass is 35.5. The molecule has 0 radical (unpaired) electrons. The Hall–Kier alpha value is -2.28. The molecular formula is C16H13ClF4N2O. The third kappa shape index (κ3) is 4.86. The first-order chi connectivity index (χ1) is 11.3. The van der Waals surface area contributed by atoms with Gasteiger partial charge in [0.15, 0.2) is 0 Å². The maximum absolute atomic E-state index is 13.4. The lowest BCUT2D eigenvalue weighted by Gasteiger charge is -2.12. The van der Waals surface area contributed by atoms with Crippen molar-refractivity contribution in [1.29, 1.82) is 0 Å². The summed E-state index contributed by atoms with van der Waals surface area (Å²) < 4.78 is 51.6. The van der Waals surface area contributed by atoms with E-state index in [4.69, 9.17) is 11.6 Å². The molecule has 0 atom stereocenters. The van der Waals surface area contributed by atoms with Gasteiger partial charge < -0.3 is 10.6 Å². The van der Waals surface area contributed by atoms with Crippen LogP contribution in [-0.2, 0) is 17.5 Å². The van der Waals surface area contributed by atoms with Crippen molar-refractivity contribution in [3.63, 3.8) is 0 Å². The highest BCUT2D eigenvalue weighted by Gasteiger charge is 2.33. The van der Waals surface area contributed by atoms with Crippen molar-refractivity contribution < 1.29 is 22.4 Å². The van der Waals surface area contributed by atoms with E-state index in [2.05, 4.69) is 10.6 Å². The zero-order valence-corrected chi connectivity index (χ0v) is 13.0. The fourth-order valence-electron chi connectivity index (χ4n) is 1.93. The van der Waals surface area contributed by atoms with Crippen molar-refractivity contribution in [3.8, 4) is 0 Å². The molecule has 0 aromatic heterocycles. The van der Waals surface area contributed by atoms with Crippen molar-refractivity contribution in [3.05, 3.63) is 64.4 Å². The zero-order valence-electron chi connectivity index (χ0n) is 12.3. The van der Waals surface area contributed by atoms with Gasteiger partial charge in [0.25, 0.3) is 0 Å². The topological polar surface area (TPSA) is 41.1 Å². The molecule has 0 fully saturated rings. The van der Waals surface area contributed by atoms with Gasteiger partial charge in [-0.3, -0.25) is 4.79 Å². The third-order valence-corrected chi connectivity index (χ3v) is 3.49. The molecule has 0 spiro atoms. The number of carbonyl (C=O) groups is 1. The molecular weight excluding hydrogens is 348 g/mol. The van der Waals surface area contributed by atoms with E-state index in [-0.39, 0.29) is 18.8 Å². The maximum atomic E-state index is 13.4. The summed E-state index contributed by atoms with van der Waals surface area (Å²) in [6.07, 6.45) is -4.58. The van der Waals surface area contributed by atoms with Gasteiger partial charge in [0.05, 0.1) is 17.1 Å². The van der Waals surface area contributed by atoms with Gasteiger partial charge in [-0.25, -0.2) is 4.39 Å². The lowest BCUT2D eigenvalue weighted by Crippen LogP contribution is -2.29. The quantitative estimate of drug-likeness (QED) is 0.784. The predicted molar refractivity (Wildman–Crippen MR) is 83.2 cm³/mol. The van der Waals surface area contributed by atoms with Gasteiger partial charge in [0.2, 0.25) is 5.91 Å². The van der Waals surface area contributed by atoms with Crippen molar-refractivity contribution in [2.24, 2.45) is 0 Å². The van der Waals surface area contributed by atoms with E-state index in [1.807, 2.05) is 0 Å². The summed E-state index contributed by atoms with van der Waals surface area (Å²) >= 11 is 5.51. The molecule has 0 bridgehead atoms. The molecule has 8 heteroatoms. The van der Waals surface area contributed by atoms with Crippen molar-refractivity contribution in [2.75, 3.05) is 11.9 Å². The molecule has 3 nitrogen and oxygen atoms in total. The molecule has 0 aliphatic carbocycles. The number of halogens is 5. The fourth-order valence-corrected chi connectivity index (χ4v) is 2.16. The van der Waals surface area contributed by atoms with Crippen LogP contribution < -0.4 is 10.6 Å². The van der Waals surface area contributed by atoms with Crippen LogP contribution in [0, 0.1) is 5.82 Å². The largest absolute Gasteiger partial charge is 0.417 e. The predicted octanol–water partition coefficient (Wildman–Crippen LogP) is 4.23. The standard InChI is InChI=1S/C16H13ClF4N2O/c17-13-6-5-11(7-12(13)16(19,20)21)22-9-15(24)23-8-10-3-1-2-4-14(10)18/h1-7,22H,8-9H2,(H,23,24). The lowest BCUT2D eigenvalue weighted by molar-refractivity contribution is -0.137. The molecule has 0 heterocycles. The van der Waals surface area contributed by atoms with E-state index < -0.39 is 28.5 Å². The van der Waals surface area contributed by atoms with E-state index in [1.165, 1.54) is 24.3 Å². The number of anilines is 1. The summed E-state index contributed by atoms with van der Waals surface area (Å²) in [6.45, 7) is -0.269. The Balaban J connectivity index is 1.91. The van der Waals surface area contributed by atoms with E-state index in [9.17, 15) is 22.4 Å². The second kappa shape index (κ2) is 7.53. The van der Waals surface area contributed by atoms with Crippen LogP contribution in [0.25, 0.3) is 0 Å². The number of hydrogen-bond acceptors (Lipinski definition) is 2. The van der Waals surface area contributed by atoms with Gasteiger partial charge in [-0.1, -0.05) is 29.8 Å². The molecule has 0 unspecified atom stereocenters. The summed E-state index contributed by atoms with van der Waals surface area (Å²) in [5.74, 6) is -0.931. The number of benzene rings is 2. The number of alkyl halides is 3. The molecule has 2 aromatic carbocycles. The Kier molecular flexibility index (Phi) is 5.66. The van der Waals surface area contributed by atoms with Crippen LogP contribution in [0.3, 0.4) is 0 Å². The van der Waals surface area contributed by atoms with Gasteiger partial charge in [0.1, 0.15) is 5.82 Å². The Morgan fingerprint density at radius 2 is 1.83 bits per heavy atom. The molecule has 0 aliphatic heterocycles. The molecule has 0 saturated heterocycles. The molecule has 1 amide bonds. The van der Waals surface area contributed by atoms with Crippen LogP contribution in [0.2, 0.25) is 5.02 Å². The van der Waals surface area contributed by atoms with E-state index in [0.717, 1.165) is 12.1 Å². The number of amides is 1. The molecule has 2 rings (SSSR count). The van der Waals surface area contributed by atoms with Crippen molar-refractivity contribution in [1.82, 2.24) is 5.32 Å². The maximum Gasteiger partial charge on any atom is 0.417 e.